The Bertz CT molecular complexity index is 537. The van der Waals surface area contributed by atoms with E-state index in [1.807, 2.05) is 18.2 Å². The fourth-order valence-corrected chi connectivity index (χ4v) is 1.52. The maximum atomic E-state index is 10.7. The zero-order valence-corrected chi connectivity index (χ0v) is 9.48. The van der Waals surface area contributed by atoms with Crippen LogP contribution in [0.3, 0.4) is 0 Å². The van der Waals surface area contributed by atoms with Crippen LogP contribution in [0.25, 0.3) is 0 Å². The fraction of sp³-hybridized carbons (Fsp3) is 0.0714. The highest BCUT2D eigenvalue weighted by molar-refractivity contribution is 5.74. The molecular weight excluding hydrogens is 232 g/mol. The third kappa shape index (κ3) is 2.87. The molecule has 2 aromatic carbocycles. The number of aliphatic carboxylic acids is 1. The number of para-hydroxylation sites is 1. The minimum Gasteiger partial charge on any atom is -0.479 e. The van der Waals surface area contributed by atoms with Gasteiger partial charge in [-0.2, -0.15) is 0 Å². The first-order valence-corrected chi connectivity index (χ1v) is 5.40. The van der Waals surface area contributed by atoms with Gasteiger partial charge >= 0.3 is 5.97 Å². The van der Waals surface area contributed by atoms with Crippen LogP contribution < -0.4 is 4.74 Å². The molecule has 0 aromatic heterocycles. The fourth-order valence-electron chi connectivity index (χ4n) is 1.52. The van der Waals surface area contributed by atoms with E-state index < -0.39 is 12.1 Å². The molecule has 18 heavy (non-hydrogen) atoms. The highest BCUT2D eigenvalue weighted by Gasteiger charge is 2.16. The summed E-state index contributed by atoms with van der Waals surface area (Å²) >= 11 is 0. The van der Waals surface area contributed by atoms with E-state index in [2.05, 4.69) is 0 Å². The van der Waals surface area contributed by atoms with Gasteiger partial charge in [-0.3, -0.25) is 0 Å². The van der Waals surface area contributed by atoms with E-state index in [-0.39, 0.29) is 5.56 Å². The Morgan fingerprint density at radius 2 is 1.67 bits per heavy atom. The van der Waals surface area contributed by atoms with E-state index in [0.717, 1.165) is 0 Å². The van der Waals surface area contributed by atoms with E-state index in [4.69, 9.17) is 9.84 Å². The molecule has 0 saturated carbocycles. The number of ether oxygens (including phenoxy) is 1. The van der Waals surface area contributed by atoms with Crippen molar-refractivity contribution < 1.29 is 19.7 Å². The summed E-state index contributed by atoms with van der Waals surface area (Å²) in [5.41, 5.74) is 0.288. The highest BCUT2D eigenvalue weighted by atomic mass is 16.5. The predicted molar refractivity (Wildman–Crippen MR) is 65.6 cm³/mol. The molecular formula is C14H12O4. The van der Waals surface area contributed by atoms with Crippen molar-refractivity contribution in [2.24, 2.45) is 0 Å². The van der Waals surface area contributed by atoms with Crippen molar-refractivity contribution in [2.45, 2.75) is 6.10 Å². The van der Waals surface area contributed by atoms with E-state index in [0.29, 0.717) is 11.5 Å². The molecule has 0 unspecified atom stereocenters. The molecule has 0 aliphatic carbocycles. The normalized spacial score (nSPS) is 11.8. The SMILES string of the molecule is O=C(O)[C@@H](O)c1cccc(Oc2ccccc2)c1. The van der Waals surface area contributed by atoms with Crippen LogP contribution >= 0.6 is 0 Å². The maximum absolute atomic E-state index is 10.7. The van der Waals surface area contributed by atoms with Crippen molar-refractivity contribution in [3.05, 3.63) is 60.2 Å². The van der Waals surface area contributed by atoms with E-state index >= 15 is 0 Å². The van der Waals surface area contributed by atoms with Gasteiger partial charge in [0.25, 0.3) is 0 Å². The van der Waals surface area contributed by atoms with Gasteiger partial charge in [0.1, 0.15) is 11.5 Å². The van der Waals surface area contributed by atoms with Gasteiger partial charge in [0.2, 0.25) is 0 Å². The molecule has 0 saturated heterocycles. The average molecular weight is 244 g/mol. The van der Waals surface area contributed by atoms with Gasteiger partial charge in [0.15, 0.2) is 6.10 Å². The van der Waals surface area contributed by atoms with Gasteiger partial charge in [0.05, 0.1) is 0 Å². The average Bonchev–Trinajstić information content (AvgIpc) is 2.39. The summed E-state index contributed by atoms with van der Waals surface area (Å²) in [6, 6.07) is 15.5. The first-order chi connectivity index (χ1) is 8.66. The van der Waals surface area contributed by atoms with Gasteiger partial charge in [0, 0.05) is 0 Å². The molecule has 4 nitrogen and oxygen atoms in total. The van der Waals surface area contributed by atoms with Crippen molar-refractivity contribution in [2.75, 3.05) is 0 Å². The first kappa shape index (κ1) is 12.1. The zero-order valence-electron chi connectivity index (χ0n) is 9.48. The van der Waals surface area contributed by atoms with Crippen molar-refractivity contribution in [1.82, 2.24) is 0 Å². The minimum absolute atomic E-state index is 0.288. The molecule has 0 fully saturated rings. The molecule has 2 rings (SSSR count). The topological polar surface area (TPSA) is 66.8 Å². The third-order valence-corrected chi connectivity index (χ3v) is 2.39. The molecule has 0 heterocycles. The monoisotopic (exact) mass is 244 g/mol. The second kappa shape index (κ2) is 5.33. The Morgan fingerprint density at radius 1 is 1.00 bits per heavy atom. The number of carbonyl (C=O) groups is 1. The highest BCUT2D eigenvalue weighted by Crippen LogP contribution is 2.24. The second-order valence-electron chi connectivity index (χ2n) is 3.73. The maximum Gasteiger partial charge on any atom is 0.337 e. The summed E-state index contributed by atoms with van der Waals surface area (Å²) in [4.78, 5) is 10.7. The number of benzene rings is 2. The lowest BCUT2D eigenvalue weighted by molar-refractivity contribution is -0.146. The largest absolute Gasteiger partial charge is 0.479 e. The number of carboxylic acids is 1. The Kier molecular flexibility index (Phi) is 3.60. The van der Waals surface area contributed by atoms with Gasteiger partial charge < -0.3 is 14.9 Å². The number of aliphatic hydroxyl groups is 1. The Hall–Kier alpha value is -2.33. The summed E-state index contributed by atoms with van der Waals surface area (Å²) < 4.78 is 5.54. The smallest absolute Gasteiger partial charge is 0.337 e. The quantitative estimate of drug-likeness (QED) is 0.867. The number of carboxylic acid groups (broad SMARTS) is 1. The van der Waals surface area contributed by atoms with E-state index in [1.165, 1.54) is 12.1 Å². The zero-order chi connectivity index (χ0) is 13.0. The molecule has 0 radical (unpaired) electrons. The predicted octanol–water partition coefficient (Wildman–Crippen LogP) is 2.60. The van der Waals surface area contributed by atoms with Crippen LogP contribution in [0.15, 0.2) is 54.6 Å². The standard InChI is InChI=1S/C14H12O4/c15-13(14(16)17)10-5-4-8-12(9-10)18-11-6-2-1-3-7-11/h1-9,13,15H,(H,16,17)/t13-/m0/s1. The summed E-state index contributed by atoms with van der Waals surface area (Å²) in [6.45, 7) is 0. The summed E-state index contributed by atoms with van der Waals surface area (Å²) in [5.74, 6) is -0.148. The molecule has 0 aliphatic rings. The van der Waals surface area contributed by atoms with Crippen LogP contribution in [0.4, 0.5) is 0 Å². The number of rotatable bonds is 4. The lowest BCUT2D eigenvalue weighted by Gasteiger charge is -2.09. The molecule has 2 aromatic rings. The van der Waals surface area contributed by atoms with Gasteiger partial charge in [-0.05, 0) is 29.8 Å². The van der Waals surface area contributed by atoms with Crippen LogP contribution in [-0.4, -0.2) is 16.2 Å². The third-order valence-electron chi connectivity index (χ3n) is 2.39. The van der Waals surface area contributed by atoms with Crippen molar-refractivity contribution in [3.8, 4) is 11.5 Å². The molecule has 1 atom stereocenters. The Morgan fingerprint density at radius 3 is 2.33 bits per heavy atom. The summed E-state index contributed by atoms with van der Waals surface area (Å²) in [5, 5.41) is 18.2. The van der Waals surface area contributed by atoms with Crippen LogP contribution in [0, 0.1) is 0 Å². The van der Waals surface area contributed by atoms with E-state index in [1.54, 1.807) is 24.3 Å². The molecule has 0 amide bonds. The molecule has 0 aliphatic heterocycles. The van der Waals surface area contributed by atoms with Crippen molar-refractivity contribution >= 4 is 5.97 Å². The van der Waals surface area contributed by atoms with Gasteiger partial charge in [-0.15, -0.1) is 0 Å². The van der Waals surface area contributed by atoms with Crippen molar-refractivity contribution in [1.29, 1.82) is 0 Å². The minimum atomic E-state index is -1.54. The summed E-state index contributed by atoms with van der Waals surface area (Å²) in [6.07, 6.45) is -1.54. The molecule has 0 spiro atoms. The van der Waals surface area contributed by atoms with Crippen molar-refractivity contribution in [3.63, 3.8) is 0 Å². The Balaban J connectivity index is 2.20. The summed E-state index contributed by atoms with van der Waals surface area (Å²) in [7, 11) is 0. The van der Waals surface area contributed by atoms with E-state index in [9.17, 15) is 9.90 Å². The number of hydrogen-bond donors (Lipinski definition) is 2. The van der Waals surface area contributed by atoms with Crippen LogP contribution in [-0.2, 0) is 4.79 Å². The first-order valence-electron chi connectivity index (χ1n) is 5.40. The lowest BCUT2D eigenvalue weighted by atomic mass is 10.1. The van der Waals surface area contributed by atoms with Crippen LogP contribution in [0.1, 0.15) is 11.7 Å². The lowest BCUT2D eigenvalue weighted by Crippen LogP contribution is -2.10. The van der Waals surface area contributed by atoms with Crippen LogP contribution in [0.2, 0.25) is 0 Å². The van der Waals surface area contributed by atoms with Gasteiger partial charge in [-0.1, -0.05) is 30.3 Å². The Labute approximate surface area is 104 Å². The number of hydrogen-bond acceptors (Lipinski definition) is 3. The van der Waals surface area contributed by atoms with Gasteiger partial charge in [-0.25, -0.2) is 4.79 Å². The second-order valence-corrected chi connectivity index (χ2v) is 3.73. The molecule has 92 valence electrons. The van der Waals surface area contributed by atoms with Crippen LogP contribution in [0.5, 0.6) is 11.5 Å². The number of aliphatic hydroxyl groups excluding tert-OH is 1. The molecule has 2 N–H and O–H groups in total. The molecule has 0 bridgehead atoms. The molecule has 4 heteroatoms.